The molecule has 0 spiro atoms. The van der Waals surface area contributed by atoms with E-state index in [-0.39, 0.29) is 18.3 Å². The summed E-state index contributed by atoms with van der Waals surface area (Å²) in [5, 5.41) is 0. The fourth-order valence-electron chi connectivity index (χ4n) is 5.01. The van der Waals surface area contributed by atoms with Crippen LogP contribution in [0.5, 0.6) is 11.8 Å². The molecule has 0 radical (unpaired) electrons. The molecule has 3 heterocycles. The molecule has 2 aliphatic rings. The number of unbranched alkanes of at least 4 members (excludes halogenated alkanes) is 1. The third-order valence-electron chi connectivity index (χ3n) is 7.08. The van der Waals surface area contributed by atoms with Gasteiger partial charge in [0.1, 0.15) is 17.4 Å². The van der Waals surface area contributed by atoms with Gasteiger partial charge in [-0.1, -0.05) is 43.7 Å². The van der Waals surface area contributed by atoms with Crippen molar-refractivity contribution < 1.29 is 14.3 Å². The molecule has 1 aromatic heterocycles. The molecule has 2 aromatic carbocycles. The van der Waals surface area contributed by atoms with Crippen LogP contribution in [-0.4, -0.2) is 47.6 Å². The number of nitrogen functional groups attached to an aromatic ring is 1. The summed E-state index contributed by atoms with van der Waals surface area (Å²) in [5.74, 6) is 1.67. The van der Waals surface area contributed by atoms with Gasteiger partial charge in [0.25, 0.3) is 0 Å². The van der Waals surface area contributed by atoms with Gasteiger partial charge in [0, 0.05) is 17.7 Å². The zero-order valence-electron chi connectivity index (χ0n) is 21.7. The third-order valence-corrected chi connectivity index (χ3v) is 7.08. The normalized spacial score (nSPS) is 15.3. The summed E-state index contributed by atoms with van der Waals surface area (Å²) in [4.78, 5) is 25.8. The van der Waals surface area contributed by atoms with Crippen LogP contribution in [0.2, 0.25) is 0 Å². The van der Waals surface area contributed by atoms with E-state index in [4.69, 9.17) is 15.2 Å². The molecule has 2 aliphatic heterocycles. The van der Waals surface area contributed by atoms with Crippen molar-refractivity contribution in [3.8, 4) is 22.9 Å². The van der Waals surface area contributed by atoms with E-state index in [9.17, 15) is 4.79 Å². The highest BCUT2D eigenvalue weighted by Crippen LogP contribution is 2.35. The van der Waals surface area contributed by atoms with Gasteiger partial charge in [-0.15, -0.1) is 0 Å². The number of aromatic nitrogens is 2. The fraction of sp³-hybridized carbons (Fsp3) is 0.414. The lowest BCUT2D eigenvalue weighted by atomic mass is 10.00. The molecule has 0 saturated carbocycles. The number of fused-ring (bicyclic) bond motifs is 1. The van der Waals surface area contributed by atoms with Crippen molar-refractivity contribution in [1.29, 1.82) is 0 Å². The smallest absolute Gasteiger partial charge is 0.320 e. The maximum Gasteiger partial charge on any atom is 0.320 e. The Morgan fingerprint density at radius 1 is 1.00 bits per heavy atom. The largest absolute Gasteiger partial charge is 0.496 e. The van der Waals surface area contributed by atoms with E-state index in [2.05, 4.69) is 64.3 Å². The van der Waals surface area contributed by atoms with Crippen molar-refractivity contribution in [1.82, 2.24) is 14.9 Å². The molecule has 0 atom stereocenters. The van der Waals surface area contributed by atoms with Crippen LogP contribution < -0.4 is 20.1 Å². The van der Waals surface area contributed by atoms with Crippen molar-refractivity contribution in [2.45, 2.75) is 52.1 Å². The van der Waals surface area contributed by atoms with Crippen molar-refractivity contribution in [3.05, 3.63) is 59.2 Å². The van der Waals surface area contributed by atoms with Gasteiger partial charge in [-0.25, -0.2) is 0 Å². The second-order valence-electron chi connectivity index (χ2n) is 9.77. The van der Waals surface area contributed by atoms with Crippen LogP contribution in [0.25, 0.3) is 11.1 Å². The van der Waals surface area contributed by atoms with Crippen LogP contribution >= 0.6 is 0 Å². The summed E-state index contributed by atoms with van der Waals surface area (Å²) >= 11 is 0. The lowest BCUT2D eigenvalue weighted by Crippen LogP contribution is -2.26. The second kappa shape index (κ2) is 11.2. The molecule has 1 fully saturated rings. The number of rotatable bonds is 10. The lowest BCUT2D eigenvalue weighted by Gasteiger charge is -2.18. The Hall–Kier alpha value is -3.65. The quantitative estimate of drug-likeness (QED) is 0.406. The van der Waals surface area contributed by atoms with Crippen molar-refractivity contribution in [2.75, 3.05) is 37.4 Å². The zero-order valence-corrected chi connectivity index (χ0v) is 21.7. The molecule has 8 nitrogen and oxygen atoms in total. The Morgan fingerprint density at radius 3 is 2.49 bits per heavy atom. The van der Waals surface area contributed by atoms with Gasteiger partial charge in [0.05, 0.1) is 26.7 Å². The van der Waals surface area contributed by atoms with E-state index in [0.29, 0.717) is 30.4 Å². The molecule has 8 heteroatoms. The predicted molar refractivity (Wildman–Crippen MR) is 145 cm³/mol. The first-order valence-corrected chi connectivity index (χ1v) is 13.1. The highest BCUT2D eigenvalue weighted by molar-refractivity contribution is 6.01. The van der Waals surface area contributed by atoms with Gasteiger partial charge in [0.2, 0.25) is 5.91 Å². The first-order chi connectivity index (χ1) is 18.1. The number of likely N-dealkylation sites (tertiary alicyclic amines) is 1. The number of hydrogen-bond donors (Lipinski definition) is 1. The number of nitrogens with zero attached hydrogens (tertiary/aromatic N) is 4. The van der Waals surface area contributed by atoms with E-state index in [1.165, 1.54) is 18.4 Å². The zero-order chi connectivity index (χ0) is 25.8. The maximum atomic E-state index is 12.9. The summed E-state index contributed by atoms with van der Waals surface area (Å²) in [6.07, 6.45) is 4.67. The van der Waals surface area contributed by atoms with Crippen molar-refractivity contribution in [3.63, 3.8) is 0 Å². The number of methoxy groups -OCH3 is 1. The number of carbonyl (C=O) groups is 1. The first-order valence-electron chi connectivity index (χ1n) is 13.1. The van der Waals surface area contributed by atoms with Crippen molar-refractivity contribution >= 4 is 17.5 Å². The standard InChI is InChI=1S/C29H35N5O3/c1-3-4-15-37-29-31-27(30)24-17-26(35)34(28(24)32-29)19-20-7-10-22(11-8-20)23-16-21(9-12-25(23)36-2)18-33-13-5-6-14-33/h7-12,16H,3-6,13-15,17-19H2,1-2H3,(H2,30,31,32). The van der Waals surface area contributed by atoms with Crippen LogP contribution in [-0.2, 0) is 24.3 Å². The topological polar surface area (TPSA) is 93.8 Å². The number of amides is 1. The summed E-state index contributed by atoms with van der Waals surface area (Å²) < 4.78 is 11.3. The number of nitrogens with two attached hydrogens (primary N) is 1. The van der Waals surface area contributed by atoms with Crippen molar-refractivity contribution in [2.24, 2.45) is 0 Å². The molecule has 1 amide bonds. The lowest BCUT2D eigenvalue weighted by molar-refractivity contribution is -0.117. The van der Waals surface area contributed by atoms with Crippen LogP contribution in [0.1, 0.15) is 49.3 Å². The van der Waals surface area contributed by atoms with Gasteiger partial charge in [0.15, 0.2) is 0 Å². The number of hydrogen-bond acceptors (Lipinski definition) is 7. The van der Waals surface area contributed by atoms with E-state index in [0.717, 1.165) is 54.9 Å². The monoisotopic (exact) mass is 501 g/mol. The molecule has 5 rings (SSSR count). The molecule has 194 valence electrons. The van der Waals surface area contributed by atoms with Gasteiger partial charge in [-0.3, -0.25) is 14.6 Å². The minimum Gasteiger partial charge on any atom is -0.496 e. The molecule has 3 aromatic rings. The minimum absolute atomic E-state index is 0.0398. The first kappa shape index (κ1) is 25.0. The second-order valence-corrected chi connectivity index (χ2v) is 9.77. The molecule has 0 aliphatic carbocycles. The van der Waals surface area contributed by atoms with E-state index in [1.54, 1.807) is 12.0 Å². The fourth-order valence-corrected chi connectivity index (χ4v) is 5.01. The Balaban J connectivity index is 1.34. The van der Waals surface area contributed by atoms with Crippen LogP contribution in [0.3, 0.4) is 0 Å². The SMILES string of the molecule is CCCCOc1nc(N)c2c(n1)N(Cc1ccc(-c3cc(CN4CCCC4)ccc3OC)cc1)C(=O)C2. The Bertz CT molecular complexity index is 1260. The molecule has 37 heavy (non-hydrogen) atoms. The number of carbonyl (C=O) groups excluding carboxylic acids is 1. The number of benzene rings is 2. The van der Waals surface area contributed by atoms with Crippen LogP contribution in [0.4, 0.5) is 11.6 Å². The van der Waals surface area contributed by atoms with Gasteiger partial charge < -0.3 is 15.2 Å². The highest BCUT2D eigenvalue weighted by Gasteiger charge is 2.32. The molecular formula is C29H35N5O3. The number of anilines is 2. The summed E-state index contributed by atoms with van der Waals surface area (Å²) in [6, 6.07) is 14.9. The molecule has 1 saturated heterocycles. The van der Waals surface area contributed by atoms with E-state index in [1.807, 2.05) is 0 Å². The molecule has 0 unspecified atom stereocenters. The van der Waals surface area contributed by atoms with E-state index >= 15 is 0 Å². The average molecular weight is 502 g/mol. The Labute approximate surface area is 218 Å². The summed E-state index contributed by atoms with van der Waals surface area (Å²) in [5.41, 5.74) is 11.3. The molecule has 0 bridgehead atoms. The maximum absolute atomic E-state index is 12.9. The predicted octanol–water partition coefficient (Wildman–Crippen LogP) is 4.60. The number of ether oxygens (including phenoxy) is 2. The van der Waals surface area contributed by atoms with Crippen LogP contribution in [0, 0.1) is 0 Å². The third kappa shape index (κ3) is 5.54. The summed E-state index contributed by atoms with van der Waals surface area (Å²) in [6.45, 7) is 6.31. The van der Waals surface area contributed by atoms with Gasteiger partial charge >= 0.3 is 6.01 Å². The summed E-state index contributed by atoms with van der Waals surface area (Å²) in [7, 11) is 1.71. The minimum atomic E-state index is -0.0398. The van der Waals surface area contributed by atoms with Crippen LogP contribution in [0.15, 0.2) is 42.5 Å². The average Bonchev–Trinajstić information content (AvgIpc) is 3.53. The Morgan fingerprint density at radius 2 is 1.76 bits per heavy atom. The highest BCUT2D eigenvalue weighted by atomic mass is 16.5. The molecular weight excluding hydrogens is 466 g/mol. The van der Waals surface area contributed by atoms with Gasteiger partial charge in [-0.05, 0) is 61.2 Å². The van der Waals surface area contributed by atoms with E-state index < -0.39 is 0 Å². The van der Waals surface area contributed by atoms with Gasteiger partial charge in [-0.2, -0.15) is 9.97 Å². The Kier molecular flexibility index (Phi) is 7.55. The molecule has 2 N–H and O–H groups in total.